The van der Waals surface area contributed by atoms with Crippen molar-refractivity contribution in [1.82, 2.24) is 10.0 Å². The molecule has 0 aliphatic carbocycles. The van der Waals surface area contributed by atoms with Gasteiger partial charge in [0, 0.05) is 29.6 Å². The van der Waals surface area contributed by atoms with Crippen LogP contribution in [0.25, 0.3) is 6.08 Å². The highest BCUT2D eigenvalue weighted by Gasteiger charge is 2.31. The van der Waals surface area contributed by atoms with E-state index in [0.29, 0.717) is 0 Å². The van der Waals surface area contributed by atoms with Gasteiger partial charge in [-0.1, -0.05) is 24.0 Å². The van der Waals surface area contributed by atoms with Crippen molar-refractivity contribution in [2.75, 3.05) is 0 Å². The maximum atomic E-state index is 12.3. The summed E-state index contributed by atoms with van der Waals surface area (Å²) in [7, 11) is 0. The number of hydrogen-bond donors (Lipinski definition) is 3. The molecule has 2 rings (SSSR count). The zero-order valence-electron chi connectivity index (χ0n) is 14.7. The molecule has 0 aliphatic heterocycles. The van der Waals surface area contributed by atoms with E-state index in [9.17, 15) is 14.8 Å². The quantitative estimate of drug-likeness (QED) is 0.418. The summed E-state index contributed by atoms with van der Waals surface area (Å²) in [4.78, 5) is 27.6. The molecule has 0 spiro atoms. The number of hydrogen-bond acceptors (Lipinski definition) is 5. The Kier molecular flexibility index (Phi) is 6.83. The molecule has 0 radical (unpaired) electrons. The Morgan fingerprint density at radius 3 is 2.37 bits per heavy atom. The van der Waals surface area contributed by atoms with Crippen molar-refractivity contribution in [1.29, 1.82) is 0 Å². The van der Waals surface area contributed by atoms with E-state index in [1.807, 2.05) is 12.1 Å². The van der Waals surface area contributed by atoms with Gasteiger partial charge in [0.25, 0.3) is 5.91 Å². The van der Waals surface area contributed by atoms with Gasteiger partial charge in [0.2, 0.25) is 5.91 Å². The Labute approximate surface area is 157 Å². The summed E-state index contributed by atoms with van der Waals surface area (Å²) in [5.74, 6) is 4.23. The number of allylic oxidation sites excluding steroid dienone is 1. The zero-order valence-corrected chi connectivity index (χ0v) is 14.7. The van der Waals surface area contributed by atoms with Gasteiger partial charge in [-0.15, -0.1) is 0 Å². The second kappa shape index (κ2) is 9.29. The highest BCUT2D eigenvalue weighted by molar-refractivity contribution is 5.96. The molecule has 2 atom stereocenters. The van der Waals surface area contributed by atoms with Gasteiger partial charge in [0.15, 0.2) is 6.04 Å². The number of aromatic nitrogens is 1. The molecule has 0 saturated carbocycles. The largest absolute Gasteiger partial charge is 0.368 e. The summed E-state index contributed by atoms with van der Waals surface area (Å²) in [6.07, 6.45) is 6.81. The minimum absolute atomic E-state index is 0.199. The number of nitrogens with two attached hydrogens (primary N) is 2. The fourth-order valence-corrected chi connectivity index (χ4v) is 2.30. The van der Waals surface area contributed by atoms with E-state index in [0.717, 1.165) is 11.1 Å². The van der Waals surface area contributed by atoms with Gasteiger partial charge in [-0.2, -0.15) is 0 Å². The minimum Gasteiger partial charge on any atom is -0.368 e. The highest BCUT2D eigenvalue weighted by Crippen LogP contribution is 2.11. The van der Waals surface area contributed by atoms with Gasteiger partial charge < -0.3 is 11.5 Å². The lowest BCUT2D eigenvalue weighted by Crippen LogP contribution is -2.54. The smallest absolute Gasteiger partial charge is 0.278 e. The van der Waals surface area contributed by atoms with E-state index in [4.69, 9.17) is 11.5 Å². The van der Waals surface area contributed by atoms with Crippen molar-refractivity contribution in [3.8, 4) is 11.8 Å². The van der Waals surface area contributed by atoms with Gasteiger partial charge in [-0.05, 0) is 48.9 Å². The van der Waals surface area contributed by atoms with E-state index in [1.165, 1.54) is 19.1 Å². The van der Waals surface area contributed by atoms with Crippen LogP contribution in [0.2, 0.25) is 0 Å². The Morgan fingerprint density at radius 2 is 1.81 bits per heavy atom. The number of carbonyl (C=O) groups is 2. The number of benzene rings is 1. The number of amides is 2. The Balaban J connectivity index is 2.06. The molecule has 0 unspecified atom stereocenters. The summed E-state index contributed by atoms with van der Waals surface area (Å²) in [6, 6.07) is 7.94. The molecule has 1 aromatic carbocycles. The average molecular weight is 364 g/mol. The number of rotatable bonds is 5. The van der Waals surface area contributed by atoms with Crippen LogP contribution in [0.5, 0.6) is 0 Å². The molecule has 138 valence electrons. The highest BCUT2D eigenvalue weighted by atomic mass is 16.5. The fraction of sp³-hybridized carbons (Fsp3) is 0.150. The van der Waals surface area contributed by atoms with Crippen molar-refractivity contribution in [2.24, 2.45) is 11.5 Å². The lowest BCUT2D eigenvalue weighted by Gasteiger charge is -2.26. The number of carbonyl (C=O) groups excluding carboxylic acids is 2. The second-order valence-corrected chi connectivity index (χ2v) is 5.82. The van der Waals surface area contributed by atoms with Gasteiger partial charge in [-0.3, -0.25) is 19.8 Å². The number of hydroxylamine groups is 2. The number of primary amides is 1. The van der Waals surface area contributed by atoms with Crippen LogP contribution in [0.3, 0.4) is 0 Å². The Bertz CT molecular complexity index is 881. The molecule has 0 saturated heterocycles. The third-order valence-corrected chi connectivity index (χ3v) is 3.67. The summed E-state index contributed by atoms with van der Waals surface area (Å²) in [5, 5.41) is 10.3. The first kappa shape index (κ1) is 19.8. The van der Waals surface area contributed by atoms with Gasteiger partial charge >= 0.3 is 0 Å². The van der Waals surface area contributed by atoms with Gasteiger partial charge in [0.1, 0.15) is 0 Å². The third-order valence-electron chi connectivity index (χ3n) is 3.67. The fourth-order valence-electron chi connectivity index (χ4n) is 2.30. The number of nitrogens with zero attached hydrogens (tertiary/aromatic N) is 2. The first-order chi connectivity index (χ1) is 12.9. The second-order valence-electron chi connectivity index (χ2n) is 5.82. The monoisotopic (exact) mass is 364 g/mol. The molecule has 0 fully saturated rings. The lowest BCUT2D eigenvalue weighted by atomic mass is 10.1. The van der Waals surface area contributed by atoms with Crippen LogP contribution in [-0.2, 0) is 4.79 Å². The molecule has 2 aromatic rings. The molecular weight excluding hydrogens is 344 g/mol. The van der Waals surface area contributed by atoms with E-state index in [-0.39, 0.29) is 10.6 Å². The standard InChI is InChI=1S/C20H20N4O3/c1-14(21)18(19(22)25)24(27)20(26)17-8-6-15(7-9-17)4-2-3-5-16-10-12-23-13-11-16/h2,4,6-14,18,27H,21H2,1H3,(H2,22,25)/b4-2+/t14-,18+/m1/s1. The first-order valence-electron chi connectivity index (χ1n) is 8.15. The average Bonchev–Trinajstić information content (AvgIpc) is 2.65. The maximum absolute atomic E-state index is 12.3. The predicted molar refractivity (Wildman–Crippen MR) is 101 cm³/mol. The lowest BCUT2D eigenvalue weighted by molar-refractivity contribution is -0.140. The first-order valence-corrected chi connectivity index (χ1v) is 8.15. The molecule has 5 N–H and O–H groups in total. The normalized spacial score (nSPS) is 12.7. The van der Waals surface area contributed by atoms with Crippen molar-refractivity contribution in [3.63, 3.8) is 0 Å². The van der Waals surface area contributed by atoms with Gasteiger partial charge in [0.05, 0.1) is 0 Å². The molecule has 7 nitrogen and oxygen atoms in total. The predicted octanol–water partition coefficient (Wildman–Crippen LogP) is 1.18. The van der Waals surface area contributed by atoms with E-state index in [1.54, 1.807) is 36.7 Å². The SMILES string of the molecule is C[C@@H](N)[C@@H](C(N)=O)N(O)C(=O)c1ccc(/C=C/C#Cc2ccncc2)cc1. The summed E-state index contributed by atoms with van der Waals surface area (Å²) in [6.45, 7) is 1.48. The van der Waals surface area contributed by atoms with Crippen molar-refractivity contribution >= 4 is 17.9 Å². The van der Waals surface area contributed by atoms with Crippen LogP contribution >= 0.6 is 0 Å². The van der Waals surface area contributed by atoms with Crippen LogP contribution in [0.15, 0.2) is 54.9 Å². The number of pyridine rings is 1. The molecule has 0 aliphatic rings. The van der Waals surface area contributed by atoms with E-state index < -0.39 is 23.9 Å². The van der Waals surface area contributed by atoms with Crippen molar-refractivity contribution < 1.29 is 14.8 Å². The Morgan fingerprint density at radius 1 is 1.19 bits per heavy atom. The molecule has 2 amide bonds. The minimum atomic E-state index is -1.31. The molecule has 7 heteroatoms. The molecule has 0 bridgehead atoms. The topological polar surface area (TPSA) is 123 Å². The van der Waals surface area contributed by atoms with Gasteiger partial charge in [-0.25, -0.2) is 5.06 Å². The van der Waals surface area contributed by atoms with E-state index >= 15 is 0 Å². The molecule has 1 aromatic heterocycles. The zero-order chi connectivity index (χ0) is 19.8. The van der Waals surface area contributed by atoms with Crippen LogP contribution in [0, 0.1) is 11.8 Å². The van der Waals surface area contributed by atoms with Crippen molar-refractivity contribution in [3.05, 3.63) is 71.6 Å². The Hall–Kier alpha value is -3.47. The summed E-state index contributed by atoms with van der Waals surface area (Å²) < 4.78 is 0. The van der Waals surface area contributed by atoms with Crippen molar-refractivity contribution in [2.45, 2.75) is 19.0 Å². The molecular formula is C20H20N4O3. The summed E-state index contributed by atoms with van der Waals surface area (Å²) >= 11 is 0. The third kappa shape index (κ3) is 5.51. The molecule has 27 heavy (non-hydrogen) atoms. The van der Waals surface area contributed by atoms with Crippen LogP contribution in [0.1, 0.15) is 28.4 Å². The van der Waals surface area contributed by atoms with E-state index in [2.05, 4.69) is 16.8 Å². The van der Waals surface area contributed by atoms with Crippen LogP contribution < -0.4 is 11.5 Å². The van der Waals surface area contributed by atoms with Crippen LogP contribution in [0.4, 0.5) is 0 Å². The van der Waals surface area contributed by atoms with Crippen LogP contribution in [-0.4, -0.2) is 39.2 Å². The molecule has 1 heterocycles. The maximum Gasteiger partial charge on any atom is 0.278 e. The summed E-state index contributed by atoms with van der Waals surface area (Å²) in [5.41, 5.74) is 12.7.